The van der Waals surface area contributed by atoms with E-state index in [-0.39, 0.29) is 5.75 Å². The molecule has 0 unspecified atom stereocenters. The molecule has 0 saturated heterocycles. The maximum atomic E-state index is 10.9. The molecule has 6 nitrogen and oxygen atoms in total. The van der Waals surface area contributed by atoms with Crippen molar-refractivity contribution in [3.63, 3.8) is 0 Å². The Morgan fingerprint density at radius 2 is 1.92 bits per heavy atom. The summed E-state index contributed by atoms with van der Waals surface area (Å²) in [5, 5.41) is 17.4. The van der Waals surface area contributed by atoms with E-state index in [4.69, 9.17) is 21.4 Å². The Morgan fingerprint density at radius 3 is 2.52 bits per heavy atom. The molecule has 0 amide bonds. The van der Waals surface area contributed by atoms with Crippen molar-refractivity contribution in [3.8, 4) is 22.8 Å². The SMILES string of the molecule is COc1ccc(-c2[nH]nc(SCC(=O)O)[n+]2-c2ccc(Cl)cc2)cc1. The molecule has 0 fully saturated rings. The molecule has 0 spiro atoms. The van der Waals surface area contributed by atoms with Gasteiger partial charge in [0.25, 0.3) is 5.82 Å². The molecule has 3 rings (SSSR count). The lowest BCUT2D eigenvalue weighted by atomic mass is 10.2. The number of carboxylic acids is 1. The number of thioether (sulfide) groups is 1. The first-order chi connectivity index (χ1) is 12.1. The summed E-state index contributed by atoms with van der Waals surface area (Å²) in [6, 6.07) is 14.8. The second kappa shape index (κ2) is 7.58. The van der Waals surface area contributed by atoms with Crippen LogP contribution in [0.4, 0.5) is 0 Å². The van der Waals surface area contributed by atoms with Crippen LogP contribution in [0.3, 0.4) is 0 Å². The molecule has 3 aromatic rings. The van der Waals surface area contributed by atoms with Crippen LogP contribution in [-0.4, -0.2) is 34.1 Å². The normalized spacial score (nSPS) is 10.6. The molecule has 1 aromatic heterocycles. The number of H-pyrrole nitrogens is 1. The fraction of sp³-hybridized carbons (Fsp3) is 0.118. The Balaban J connectivity index is 2.07. The van der Waals surface area contributed by atoms with Crippen molar-refractivity contribution in [1.82, 2.24) is 10.2 Å². The third-order valence-corrected chi connectivity index (χ3v) is 4.62. The Labute approximate surface area is 153 Å². The van der Waals surface area contributed by atoms with E-state index in [0.29, 0.717) is 10.2 Å². The summed E-state index contributed by atoms with van der Waals surface area (Å²) in [5.41, 5.74) is 1.72. The van der Waals surface area contributed by atoms with Crippen molar-refractivity contribution in [1.29, 1.82) is 0 Å². The number of rotatable bonds is 6. The van der Waals surface area contributed by atoms with Gasteiger partial charge in [0, 0.05) is 5.02 Å². The number of benzene rings is 2. The van der Waals surface area contributed by atoms with Crippen LogP contribution < -0.4 is 9.30 Å². The number of hydrogen-bond acceptors (Lipinski definition) is 4. The number of hydrogen-bond donors (Lipinski definition) is 2. The molecule has 0 bridgehead atoms. The summed E-state index contributed by atoms with van der Waals surface area (Å²) in [7, 11) is 1.61. The number of carboxylic acid groups (broad SMARTS) is 1. The standard InChI is InChI=1S/C17H14ClN3O3S/c1-24-14-8-2-11(3-9-14)16-19-20-17(25-10-15(22)23)21(16)13-6-4-12(18)5-7-13/h2-9H,10H2,1H3,(H,22,23)/p+1. The van der Waals surface area contributed by atoms with Crippen LogP contribution in [0.1, 0.15) is 0 Å². The van der Waals surface area contributed by atoms with Crippen molar-refractivity contribution < 1.29 is 19.2 Å². The van der Waals surface area contributed by atoms with Crippen LogP contribution in [0.2, 0.25) is 5.02 Å². The van der Waals surface area contributed by atoms with Gasteiger partial charge in [-0.05, 0) is 60.3 Å². The molecular formula is C17H15ClN3O3S+. The highest BCUT2D eigenvalue weighted by atomic mass is 35.5. The van der Waals surface area contributed by atoms with Crippen molar-refractivity contribution in [2.24, 2.45) is 0 Å². The number of halogens is 1. The van der Waals surface area contributed by atoms with Gasteiger partial charge in [-0.25, -0.2) is 0 Å². The Hall–Kier alpha value is -2.51. The zero-order valence-corrected chi connectivity index (χ0v) is 14.8. The van der Waals surface area contributed by atoms with Gasteiger partial charge in [0.1, 0.15) is 17.2 Å². The minimum absolute atomic E-state index is 0.0828. The van der Waals surface area contributed by atoms with Crippen LogP contribution in [0.25, 0.3) is 17.1 Å². The van der Waals surface area contributed by atoms with E-state index in [9.17, 15) is 4.79 Å². The van der Waals surface area contributed by atoms with Crippen LogP contribution in [0, 0.1) is 0 Å². The second-order valence-corrected chi connectivity index (χ2v) is 6.46. The lowest BCUT2D eigenvalue weighted by molar-refractivity contribution is -0.625. The Morgan fingerprint density at radius 1 is 1.24 bits per heavy atom. The first kappa shape index (κ1) is 17.3. The summed E-state index contributed by atoms with van der Waals surface area (Å²) in [6.07, 6.45) is 0. The number of aromatic nitrogens is 3. The Bertz CT molecular complexity index is 879. The molecule has 128 valence electrons. The van der Waals surface area contributed by atoms with E-state index < -0.39 is 5.97 Å². The molecule has 25 heavy (non-hydrogen) atoms. The van der Waals surface area contributed by atoms with Crippen LogP contribution >= 0.6 is 23.4 Å². The quantitative estimate of drug-likeness (QED) is 0.510. The maximum absolute atomic E-state index is 10.9. The van der Waals surface area contributed by atoms with Gasteiger partial charge in [-0.2, -0.15) is 4.57 Å². The molecule has 0 aliphatic heterocycles. The zero-order chi connectivity index (χ0) is 17.8. The molecule has 0 saturated carbocycles. The smallest absolute Gasteiger partial charge is 0.342 e. The molecular weight excluding hydrogens is 362 g/mol. The van der Waals surface area contributed by atoms with Crippen molar-refractivity contribution >= 4 is 29.3 Å². The highest BCUT2D eigenvalue weighted by molar-refractivity contribution is 7.99. The van der Waals surface area contributed by atoms with Crippen LogP contribution in [0.5, 0.6) is 5.75 Å². The number of ether oxygens (including phenoxy) is 1. The molecule has 0 aliphatic carbocycles. The maximum Gasteiger partial charge on any atom is 0.342 e. The van der Waals surface area contributed by atoms with E-state index in [1.165, 1.54) is 0 Å². The highest BCUT2D eigenvalue weighted by Crippen LogP contribution is 2.23. The number of carbonyl (C=O) groups is 1. The number of nitrogens with one attached hydrogen (secondary N) is 1. The summed E-state index contributed by atoms with van der Waals surface area (Å²) in [6.45, 7) is 0. The Kier molecular flexibility index (Phi) is 5.25. The lowest BCUT2D eigenvalue weighted by Crippen LogP contribution is -2.34. The number of methoxy groups -OCH3 is 1. The van der Waals surface area contributed by atoms with E-state index >= 15 is 0 Å². The van der Waals surface area contributed by atoms with Gasteiger partial charge in [-0.15, -0.1) is 5.10 Å². The average molecular weight is 377 g/mol. The minimum atomic E-state index is -0.901. The number of aromatic amines is 1. The molecule has 2 N–H and O–H groups in total. The highest BCUT2D eigenvalue weighted by Gasteiger charge is 2.24. The third-order valence-electron chi connectivity index (χ3n) is 3.45. The summed E-state index contributed by atoms with van der Waals surface area (Å²) in [5.74, 6) is 0.502. The monoisotopic (exact) mass is 376 g/mol. The van der Waals surface area contributed by atoms with Crippen molar-refractivity contribution in [2.75, 3.05) is 12.9 Å². The van der Waals surface area contributed by atoms with Gasteiger partial charge in [-0.3, -0.25) is 4.79 Å². The zero-order valence-electron chi connectivity index (χ0n) is 13.3. The van der Waals surface area contributed by atoms with E-state index in [1.54, 1.807) is 19.2 Å². The predicted octanol–water partition coefficient (Wildman–Crippen LogP) is 3.19. The molecule has 0 atom stereocenters. The van der Waals surface area contributed by atoms with Gasteiger partial charge in [0.05, 0.1) is 17.8 Å². The van der Waals surface area contributed by atoms with Gasteiger partial charge in [0.15, 0.2) is 0 Å². The van der Waals surface area contributed by atoms with E-state index in [0.717, 1.165) is 34.6 Å². The fourth-order valence-electron chi connectivity index (χ4n) is 2.29. The van der Waals surface area contributed by atoms with E-state index in [1.807, 2.05) is 41.0 Å². The molecule has 1 heterocycles. The van der Waals surface area contributed by atoms with Crippen molar-refractivity contribution in [2.45, 2.75) is 5.16 Å². The van der Waals surface area contributed by atoms with E-state index in [2.05, 4.69) is 10.2 Å². The summed E-state index contributed by atoms with van der Waals surface area (Å²) >= 11 is 7.12. The first-order valence-corrected chi connectivity index (χ1v) is 8.70. The second-order valence-electron chi connectivity index (χ2n) is 5.08. The number of aliphatic carboxylic acids is 1. The van der Waals surface area contributed by atoms with Gasteiger partial charge < -0.3 is 9.84 Å². The average Bonchev–Trinajstić information content (AvgIpc) is 3.04. The third kappa shape index (κ3) is 3.94. The lowest BCUT2D eigenvalue weighted by Gasteiger charge is -2.05. The topological polar surface area (TPSA) is 79.1 Å². The molecule has 2 aromatic carbocycles. The van der Waals surface area contributed by atoms with Gasteiger partial charge in [-0.1, -0.05) is 11.6 Å². The summed E-state index contributed by atoms with van der Waals surface area (Å²) < 4.78 is 7.05. The minimum Gasteiger partial charge on any atom is -0.497 e. The van der Waals surface area contributed by atoms with Crippen molar-refractivity contribution in [3.05, 3.63) is 53.6 Å². The predicted molar refractivity (Wildman–Crippen MR) is 95.5 cm³/mol. The fourth-order valence-corrected chi connectivity index (χ4v) is 3.11. The van der Waals surface area contributed by atoms with Crippen LogP contribution in [0.15, 0.2) is 53.7 Å². The molecule has 0 radical (unpaired) electrons. The first-order valence-electron chi connectivity index (χ1n) is 7.34. The molecule has 0 aliphatic rings. The largest absolute Gasteiger partial charge is 0.497 e. The van der Waals surface area contributed by atoms with Gasteiger partial charge in [0.2, 0.25) is 0 Å². The van der Waals surface area contributed by atoms with Gasteiger partial charge >= 0.3 is 11.1 Å². The molecule has 8 heteroatoms. The van der Waals surface area contributed by atoms with Crippen LogP contribution in [-0.2, 0) is 4.79 Å². The number of nitrogens with zero attached hydrogens (tertiary/aromatic N) is 2. The summed E-state index contributed by atoms with van der Waals surface area (Å²) in [4.78, 5) is 10.9.